The van der Waals surface area contributed by atoms with E-state index < -0.39 is 30.0 Å². The lowest BCUT2D eigenvalue weighted by atomic mass is 10.00. The van der Waals surface area contributed by atoms with Gasteiger partial charge in [0.2, 0.25) is 0 Å². The van der Waals surface area contributed by atoms with Crippen molar-refractivity contribution >= 4 is 17.7 Å². The summed E-state index contributed by atoms with van der Waals surface area (Å²) in [5, 5.41) is 12.5. The maximum absolute atomic E-state index is 14.5. The normalized spacial score (nSPS) is 17.8. The van der Waals surface area contributed by atoms with Gasteiger partial charge in [0.25, 0.3) is 17.7 Å². The summed E-state index contributed by atoms with van der Waals surface area (Å²) in [5.74, 6) is -1.48. The third kappa shape index (κ3) is 4.94. The highest BCUT2D eigenvalue weighted by atomic mass is 19.1. The molecule has 0 bridgehead atoms. The zero-order valence-corrected chi connectivity index (χ0v) is 18.9. The number of piperazine rings is 1. The van der Waals surface area contributed by atoms with Gasteiger partial charge in [-0.2, -0.15) is 0 Å². The van der Waals surface area contributed by atoms with Crippen LogP contribution >= 0.6 is 0 Å². The predicted molar refractivity (Wildman–Crippen MR) is 121 cm³/mol. The smallest absolute Gasteiger partial charge is 0.254 e. The van der Waals surface area contributed by atoms with Crippen LogP contribution in [0.1, 0.15) is 40.5 Å². The summed E-state index contributed by atoms with van der Waals surface area (Å²) in [6.45, 7) is 2.30. The topological polar surface area (TPSA) is 90.0 Å². The molecule has 1 saturated heterocycles. The monoisotopic (exact) mass is 471 g/mol. The van der Waals surface area contributed by atoms with Crippen LogP contribution in [0.5, 0.6) is 0 Å². The number of carbonyl (C=O) groups excluding carboxylic acids is 3. The fourth-order valence-corrected chi connectivity index (χ4v) is 3.95. The van der Waals surface area contributed by atoms with Crippen LogP contribution in [0, 0.1) is 5.82 Å². The molecule has 1 unspecified atom stereocenters. The molecule has 2 aromatic carbocycles. The van der Waals surface area contributed by atoms with Crippen molar-refractivity contribution in [3.63, 3.8) is 0 Å². The Labute approximate surface area is 196 Å². The zero-order chi connectivity index (χ0) is 24.5. The maximum atomic E-state index is 14.5. The number of aliphatic hydroxyl groups is 1. The summed E-state index contributed by atoms with van der Waals surface area (Å²) in [4.78, 5) is 40.7. The lowest BCUT2D eigenvalue weighted by molar-refractivity contribution is -0.143. The molecule has 1 aliphatic heterocycles. The molecule has 7 nitrogen and oxygen atoms in total. The zero-order valence-electron chi connectivity index (χ0n) is 18.9. The molecule has 0 spiro atoms. The highest BCUT2D eigenvalue weighted by Crippen LogP contribution is 2.37. The number of rotatable bonds is 6. The minimum absolute atomic E-state index is 0.197. The third-order valence-corrected chi connectivity index (χ3v) is 6.26. The van der Waals surface area contributed by atoms with E-state index in [1.54, 1.807) is 34.1 Å². The fourth-order valence-electron chi connectivity index (χ4n) is 3.95. The number of alkyl halides is 1. The van der Waals surface area contributed by atoms with E-state index in [2.05, 4.69) is 5.32 Å². The standard InChI is InChI=1S/C25H27F2N3O4/c1-16(15-26)28-22(31)19-6-7-21(27)20(14-19)17-2-4-18(5-3-17)23(32)29-10-12-30(13-11-29)24(33)25(34)8-9-25/h2-7,14,16,34H,8-13,15H2,1H3,(H,28,31). The van der Waals surface area contributed by atoms with Gasteiger partial charge in [0.05, 0.1) is 6.04 Å². The van der Waals surface area contributed by atoms with Gasteiger partial charge >= 0.3 is 0 Å². The van der Waals surface area contributed by atoms with Crippen LogP contribution in [-0.2, 0) is 4.79 Å². The summed E-state index contributed by atoms with van der Waals surface area (Å²) in [5.41, 5.74) is 0.122. The van der Waals surface area contributed by atoms with Gasteiger partial charge in [-0.3, -0.25) is 14.4 Å². The van der Waals surface area contributed by atoms with Crippen LogP contribution in [0.15, 0.2) is 42.5 Å². The Morgan fingerprint density at radius 1 is 1.00 bits per heavy atom. The lowest BCUT2D eigenvalue weighted by Gasteiger charge is -2.35. The van der Waals surface area contributed by atoms with Crippen LogP contribution in [-0.4, -0.2) is 77.1 Å². The summed E-state index contributed by atoms with van der Waals surface area (Å²) in [7, 11) is 0. The average Bonchev–Trinajstić information content (AvgIpc) is 3.62. The molecule has 1 atom stereocenters. The summed E-state index contributed by atoms with van der Waals surface area (Å²) in [6.07, 6.45) is 0.977. The van der Waals surface area contributed by atoms with Crippen molar-refractivity contribution in [2.24, 2.45) is 0 Å². The van der Waals surface area contributed by atoms with Crippen molar-refractivity contribution in [3.05, 3.63) is 59.4 Å². The van der Waals surface area contributed by atoms with Crippen LogP contribution in [0.2, 0.25) is 0 Å². The van der Waals surface area contributed by atoms with Gasteiger partial charge < -0.3 is 20.2 Å². The van der Waals surface area contributed by atoms with E-state index in [4.69, 9.17) is 0 Å². The SMILES string of the molecule is CC(CF)NC(=O)c1ccc(F)c(-c2ccc(C(=O)N3CCN(C(=O)C4(O)CC4)CC3)cc2)c1. The molecule has 2 aromatic rings. The van der Waals surface area contributed by atoms with E-state index >= 15 is 0 Å². The van der Waals surface area contributed by atoms with E-state index in [1.165, 1.54) is 25.1 Å². The molecule has 2 fully saturated rings. The molecule has 34 heavy (non-hydrogen) atoms. The van der Waals surface area contributed by atoms with E-state index in [-0.39, 0.29) is 22.9 Å². The predicted octanol–water partition coefficient (Wildman–Crippen LogP) is 2.39. The Morgan fingerprint density at radius 3 is 2.18 bits per heavy atom. The molecule has 0 aromatic heterocycles. The Morgan fingerprint density at radius 2 is 1.59 bits per heavy atom. The molecule has 3 amide bonds. The van der Waals surface area contributed by atoms with Gasteiger partial charge in [0, 0.05) is 42.9 Å². The number of nitrogens with zero attached hydrogens (tertiary/aromatic N) is 2. The molecule has 1 heterocycles. The lowest BCUT2D eigenvalue weighted by Crippen LogP contribution is -2.53. The van der Waals surface area contributed by atoms with Gasteiger partial charge in [-0.1, -0.05) is 12.1 Å². The highest BCUT2D eigenvalue weighted by molar-refractivity contribution is 5.97. The molecular formula is C25H27F2N3O4. The van der Waals surface area contributed by atoms with Gasteiger partial charge in [0.15, 0.2) is 0 Å². The average molecular weight is 472 g/mol. The molecule has 1 saturated carbocycles. The van der Waals surface area contributed by atoms with E-state index in [9.17, 15) is 28.3 Å². The summed E-state index contributed by atoms with van der Waals surface area (Å²) < 4.78 is 27.2. The number of benzene rings is 2. The molecule has 9 heteroatoms. The number of carbonyl (C=O) groups is 3. The van der Waals surface area contributed by atoms with Crippen LogP contribution in [0.3, 0.4) is 0 Å². The Kier molecular flexibility index (Phi) is 6.65. The van der Waals surface area contributed by atoms with Gasteiger partial charge in [0.1, 0.15) is 18.1 Å². The Bertz CT molecular complexity index is 1090. The molecule has 1 aliphatic carbocycles. The second kappa shape index (κ2) is 9.50. The second-order valence-electron chi connectivity index (χ2n) is 8.92. The molecule has 0 radical (unpaired) electrons. The van der Waals surface area contributed by atoms with Crippen molar-refractivity contribution in [2.45, 2.75) is 31.4 Å². The number of hydrogen-bond donors (Lipinski definition) is 2. The highest BCUT2D eigenvalue weighted by Gasteiger charge is 2.50. The molecule has 180 valence electrons. The first-order valence-electron chi connectivity index (χ1n) is 11.3. The molecule has 2 N–H and O–H groups in total. The number of nitrogens with one attached hydrogen (secondary N) is 1. The summed E-state index contributed by atoms with van der Waals surface area (Å²) >= 11 is 0. The first-order valence-corrected chi connectivity index (χ1v) is 11.3. The van der Waals surface area contributed by atoms with Gasteiger partial charge in [-0.05, 0) is 55.7 Å². The third-order valence-electron chi connectivity index (χ3n) is 6.26. The molecular weight excluding hydrogens is 444 g/mol. The molecule has 2 aliphatic rings. The van der Waals surface area contributed by atoms with E-state index in [1.807, 2.05) is 0 Å². The van der Waals surface area contributed by atoms with Crippen LogP contribution in [0.25, 0.3) is 11.1 Å². The van der Waals surface area contributed by atoms with Crippen molar-refractivity contribution in [1.29, 1.82) is 0 Å². The van der Waals surface area contributed by atoms with Crippen LogP contribution in [0.4, 0.5) is 8.78 Å². The number of amides is 3. The first-order chi connectivity index (χ1) is 16.2. The van der Waals surface area contributed by atoms with Crippen molar-refractivity contribution in [3.8, 4) is 11.1 Å². The Balaban J connectivity index is 1.42. The molecule has 4 rings (SSSR count). The number of hydrogen-bond acceptors (Lipinski definition) is 4. The van der Waals surface area contributed by atoms with Crippen molar-refractivity contribution in [2.75, 3.05) is 32.9 Å². The van der Waals surface area contributed by atoms with Crippen molar-refractivity contribution in [1.82, 2.24) is 15.1 Å². The number of halogens is 2. The minimum Gasteiger partial charge on any atom is -0.380 e. The van der Waals surface area contributed by atoms with E-state index in [0.29, 0.717) is 50.1 Å². The van der Waals surface area contributed by atoms with Crippen molar-refractivity contribution < 1.29 is 28.3 Å². The quantitative estimate of drug-likeness (QED) is 0.677. The summed E-state index contributed by atoms with van der Waals surface area (Å²) in [6, 6.07) is 9.69. The Hall–Kier alpha value is -3.33. The largest absolute Gasteiger partial charge is 0.380 e. The minimum atomic E-state index is -1.21. The van der Waals surface area contributed by atoms with Gasteiger partial charge in [-0.15, -0.1) is 0 Å². The van der Waals surface area contributed by atoms with Gasteiger partial charge in [-0.25, -0.2) is 8.78 Å². The van der Waals surface area contributed by atoms with E-state index in [0.717, 1.165) is 0 Å². The second-order valence-corrected chi connectivity index (χ2v) is 8.92. The first kappa shape index (κ1) is 23.8. The maximum Gasteiger partial charge on any atom is 0.254 e. The fraction of sp³-hybridized carbons (Fsp3) is 0.400. The van der Waals surface area contributed by atoms with Crippen LogP contribution < -0.4 is 5.32 Å².